The maximum atomic E-state index is 5.87. The molecule has 1 aromatic heterocycles. The lowest BCUT2D eigenvalue weighted by molar-refractivity contribution is 0.306. The van der Waals surface area contributed by atoms with Gasteiger partial charge in [-0.1, -0.05) is 6.07 Å². The van der Waals surface area contributed by atoms with Gasteiger partial charge in [0, 0.05) is 18.5 Å². The van der Waals surface area contributed by atoms with Crippen LogP contribution in [-0.4, -0.2) is 16.9 Å². The molecule has 0 amide bonds. The van der Waals surface area contributed by atoms with Crippen LogP contribution in [0.5, 0.6) is 11.5 Å². The number of nitrogen functional groups attached to an aromatic ring is 1. The van der Waals surface area contributed by atoms with Crippen molar-refractivity contribution in [2.45, 2.75) is 13.5 Å². The Hall–Kier alpha value is -2.69. The van der Waals surface area contributed by atoms with E-state index in [-0.39, 0.29) is 0 Å². The number of aryl methyl sites for hydroxylation is 2. The Bertz CT molecular complexity index is 824. The zero-order valence-electron chi connectivity index (χ0n) is 13.0. The van der Waals surface area contributed by atoms with E-state index in [1.165, 1.54) is 0 Å². The predicted molar refractivity (Wildman–Crippen MR) is 87.2 cm³/mol. The number of hydrogen-bond acceptors (Lipinski definition) is 4. The monoisotopic (exact) mass is 297 g/mol. The number of nitrogens with zero attached hydrogens (tertiary/aromatic N) is 2. The topological polar surface area (TPSA) is 62.3 Å². The fourth-order valence-electron chi connectivity index (χ4n) is 2.55. The summed E-state index contributed by atoms with van der Waals surface area (Å²) in [4.78, 5) is 0. The SMILES string of the molecule is COc1ccc(COc2ccc3c(N)nn(C)c3c2)cc1C. The van der Waals surface area contributed by atoms with Gasteiger partial charge >= 0.3 is 0 Å². The summed E-state index contributed by atoms with van der Waals surface area (Å²) in [6.45, 7) is 2.52. The van der Waals surface area contributed by atoms with E-state index in [0.717, 1.165) is 33.5 Å². The quantitative estimate of drug-likeness (QED) is 0.804. The number of ether oxygens (including phenoxy) is 2. The van der Waals surface area contributed by atoms with Gasteiger partial charge in [-0.25, -0.2) is 0 Å². The zero-order chi connectivity index (χ0) is 15.7. The van der Waals surface area contributed by atoms with Crippen molar-refractivity contribution >= 4 is 16.7 Å². The molecule has 0 atom stereocenters. The van der Waals surface area contributed by atoms with E-state index in [1.807, 2.05) is 44.3 Å². The molecule has 5 nitrogen and oxygen atoms in total. The molecule has 0 bridgehead atoms. The molecule has 0 saturated heterocycles. The highest BCUT2D eigenvalue weighted by molar-refractivity contribution is 5.90. The Balaban J connectivity index is 1.79. The highest BCUT2D eigenvalue weighted by atomic mass is 16.5. The van der Waals surface area contributed by atoms with Crippen molar-refractivity contribution in [1.29, 1.82) is 0 Å². The molecule has 0 spiro atoms. The number of rotatable bonds is 4. The summed E-state index contributed by atoms with van der Waals surface area (Å²) in [6, 6.07) is 11.8. The molecule has 2 N–H and O–H groups in total. The van der Waals surface area contributed by atoms with E-state index in [4.69, 9.17) is 15.2 Å². The molecule has 0 saturated carbocycles. The Kier molecular flexibility index (Phi) is 3.63. The second kappa shape index (κ2) is 5.60. The van der Waals surface area contributed by atoms with Gasteiger partial charge in [0.2, 0.25) is 0 Å². The molecule has 5 heteroatoms. The van der Waals surface area contributed by atoms with E-state index in [9.17, 15) is 0 Å². The fraction of sp³-hybridized carbons (Fsp3) is 0.235. The Morgan fingerprint density at radius 3 is 2.73 bits per heavy atom. The second-order valence-electron chi connectivity index (χ2n) is 5.28. The number of anilines is 1. The predicted octanol–water partition coefficient (Wildman–Crippen LogP) is 3.05. The summed E-state index contributed by atoms with van der Waals surface area (Å²) < 4.78 is 12.9. The second-order valence-corrected chi connectivity index (χ2v) is 5.28. The summed E-state index contributed by atoms with van der Waals surface area (Å²) >= 11 is 0. The third-order valence-corrected chi connectivity index (χ3v) is 3.72. The first kappa shape index (κ1) is 14.3. The smallest absolute Gasteiger partial charge is 0.153 e. The van der Waals surface area contributed by atoms with Crippen LogP contribution in [0.1, 0.15) is 11.1 Å². The van der Waals surface area contributed by atoms with Crippen LogP contribution in [0.25, 0.3) is 10.9 Å². The number of benzene rings is 2. The average molecular weight is 297 g/mol. The molecule has 0 unspecified atom stereocenters. The average Bonchev–Trinajstić information content (AvgIpc) is 2.80. The van der Waals surface area contributed by atoms with Crippen LogP contribution in [0.4, 0.5) is 5.82 Å². The lowest BCUT2D eigenvalue weighted by Crippen LogP contribution is -1.97. The minimum Gasteiger partial charge on any atom is -0.496 e. The first-order valence-corrected chi connectivity index (χ1v) is 7.07. The molecular weight excluding hydrogens is 278 g/mol. The highest BCUT2D eigenvalue weighted by Crippen LogP contribution is 2.25. The fourth-order valence-corrected chi connectivity index (χ4v) is 2.55. The minimum absolute atomic E-state index is 0.504. The van der Waals surface area contributed by atoms with Crippen molar-refractivity contribution in [3.8, 4) is 11.5 Å². The van der Waals surface area contributed by atoms with Crippen molar-refractivity contribution in [3.63, 3.8) is 0 Å². The van der Waals surface area contributed by atoms with Crippen LogP contribution in [0.2, 0.25) is 0 Å². The van der Waals surface area contributed by atoms with Crippen molar-refractivity contribution in [1.82, 2.24) is 9.78 Å². The van der Waals surface area contributed by atoms with Crippen molar-refractivity contribution < 1.29 is 9.47 Å². The van der Waals surface area contributed by atoms with Crippen LogP contribution in [0.3, 0.4) is 0 Å². The van der Waals surface area contributed by atoms with Gasteiger partial charge < -0.3 is 15.2 Å². The summed E-state index contributed by atoms with van der Waals surface area (Å²) in [5.74, 6) is 2.22. The van der Waals surface area contributed by atoms with Gasteiger partial charge in [0.05, 0.1) is 12.6 Å². The first-order valence-electron chi connectivity index (χ1n) is 7.07. The van der Waals surface area contributed by atoms with Crippen LogP contribution >= 0.6 is 0 Å². The number of fused-ring (bicyclic) bond motifs is 1. The molecule has 114 valence electrons. The van der Waals surface area contributed by atoms with E-state index < -0.39 is 0 Å². The molecular formula is C17H19N3O2. The molecule has 22 heavy (non-hydrogen) atoms. The number of aromatic nitrogens is 2. The van der Waals surface area contributed by atoms with Gasteiger partial charge in [-0.2, -0.15) is 5.10 Å². The molecule has 0 radical (unpaired) electrons. The molecule has 3 rings (SSSR count). The zero-order valence-corrected chi connectivity index (χ0v) is 13.0. The van der Waals surface area contributed by atoms with Gasteiger partial charge in [-0.3, -0.25) is 4.68 Å². The summed E-state index contributed by atoms with van der Waals surface area (Å²) in [5.41, 5.74) is 9.01. The van der Waals surface area contributed by atoms with Crippen molar-refractivity contribution in [2.24, 2.45) is 7.05 Å². The van der Waals surface area contributed by atoms with E-state index >= 15 is 0 Å². The van der Waals surface area contributed by atoms with Crippen LogP contribution in [0.15, 0.2) is 36.4 Å². The third-order valence-electron chi connectivity index (χ3n) is 3.72. The maximum absolute atomic E-state index is 5.87. The normalized spacial score (nSPS) is 10.9. The Morgan fingerprint density at radius 1 is 1.18 bits per heavy atom. The van der Waals surface area contributed by atoms with Crippen molar-refractivity contribution in [2.75, 3.05) is 12.8 Å². The van der Waals surface area contributed by atoms with E-state index in [2.05, 4.69) is 11.2 Å². The highest BCUT2D eigenvalue weighted by Gasteiger charge is 2.07. The Morgan fingerprint density at radius 2 is 2.00 bits per heavy atom. The van der Waals surface area contributed by atoms with Gasteiger partial charge in [0.25, 0.3) is 0 Å². The first-order chi connectivity index (χ1) is 10.6. The lowest BCUT2D eigenvalue weighted by atomic mass is 10.1. The summed E-state index contributed by atoms with van der Waals surface area (Å²) in [6.07, 6.45) is 0. The number of hydrogen-bond donors (Lipinski definition) is 1. The third kappa shape index (κ3) is 2.57. The summed E-state index contributed by atoms with van der Waals surface area (Å²) in [5, 5.41) is 5.15. The van der Waals surface area contributed by atoms with Crippen molar-refractivity contribution in [3.05, 3.63) is 47.5 Å². The molecule has 0 aliphatic heterocycles. The molecule has 1 heterocycles. The maximum Gasteiger partial charge on any atom is 0.153 e. The van der Waals surface area contributed by atoms with Crippen LogP contribution < -0.4 is 15.2 Å². The van der Waals surface area contributed by atoms with Crippen LogP contribution in [0, 0.1) is 6.92 Å². The van der Waals surface area contributed by atoms with Gasteiger partial charge in [0.15, 0.2) is 5.82 Å². The molecule has 0 aliphatic rings. The minimum atomic E-state index is 0.504. The summed E-state index contributed by atoms with van der Waals surface area (Å²) in [7, 11) is 3.54. The Labute approximate surface area is 129 Å². The molecule has 3 aromatic rings. The van der Waals surface area contributed by atoms with Gasteiger partial charge in [0.1, 0.15) is 18.1 Å². The molecule has 2 aromatic carbocycles. The van der Waals surface area contributed by atoms with Gasteiger partial charge in [-0.05, 0) is 42.3 Å². The standard InChI is InChI=1S/C17H19N3O2/c1-11-8-12(4-7-16(11)21-3)10-22-13-5-6-14-15(9-13)20(2)19-17(14)18/h4-9H,10H2,1-3H3,(H2,18,19). The van der Waals surface area contributed by atoms with Gasteiger partial charge in [-0.15, -0.1) is 0 Å². The molecule has 0 fully saturated rings. The lowest BCUT2D eigenvalue weighted by Gasteiger charge is -2.09. The van der Waals surface area contributed by atoms with Crippen LogP contribution in [-0.2, 0) is 13.7 Å². The largest absolute Gasteiger partial charge is 0.496 e. The molecule has 0 aliphatic carbocycles. The van der Waals surface area contributed by atoms with E-state index in [1.54, 1.807) is 11.8 Å². The number of nitrogens with two attached hydrogens (primary N) is 1. The number of methoxy groups -OCH3 is 1. The van der Waals surface area contributed by atoms with E-state index in [0.29, 0.717) is 12.4 Å².